The van der Waals surface area contributed by atoms with Gasteiger partial charge in [0.05, 0.1) is 12.2 Å². The van der Waals surface area contributed by atoms with Crippen LogP contribution in [-0.2, 0) is 16.1 Å². The Morgan fingerprint density at radius 2 is 1.95 bits per heavy atom. The van der Waals surface area contributed by atoms with Crippen molar-refractivity contribution in [1.29, 1.82) is 0 Å². The third-order valence-corrected chi connectivity index (χ3v) is 3.50. The molecule has 0 aromatic heterocycles. The van der Waals surface area contributed by atoms with Gasteiger partial charge in [-0.1, -0.05) is 30.3 Å². The highest BCUT2D eigenvalue weighted by atomic mass is 16.5. The number of amides is 2. The fraction of sp³-hybridized carbons (Fsp3) is 0.333. The highest BCUT2D eigenvalue weighted by molar-refractivity contribution is 6.00. The fourth-order valence-electron chi connectivity index (χ4n) is 2.54. The summed E-state index contributed by atoms with van der Waals surface area (Å²) in [5, 5.41) is 5.37. The predicted molar refractivity (Wildman–Crippen MR) is 72.6 cm³/mol. The van der Waals surface area contributed by atoms with Gasteiger partial charge in [0.25, 0.3) is 0 Å². The van der Waals surface area contributed by atoms with Crippen molar-refractivity contribution in [3.05, 3.63) is 47.2 Å². The Morgan fingerprint density at radius 3 is 2.75 bits per heavy atom. The minimum atomic E-state index is -0.647. The van der Waals surface area contributed by atoms with Crippen LogP contribution in [0.1, 0.15) is 24.8 Å². The molecule has 1 atom stereocenters. The molecule has 5 heteroatoms. The van der Waals surface area contributed by atoms with Crippen LogP contribution in [0, 0.1) is 0 Å². The van der Waals surface area contributed by atoms with Gasteiger partial charge in [0.1, 0.15) is 0 Å². The van der Waals surface area contributed by atoms with Gasteiger partial charge in [0.15, 0.2) is 12.0 Å². The van der Waals surface area contributed by atoms with Gasteiger partial charge in [-0.25, -0.2) is 4.79 Å². The smallest absolute Gasteiger partial charge is 0.321 e. The maximum atomic E-state index is 12.0. The van der Waals surface area contributed by atoms with E-state index in [0.717, 1.165) is 18.4 Å². The summed E-state index contributed by atoms with van der Waals surface area (Å²) in [6.07, 6.45) is 1.37. The van der Waals surface area contributed by atoms with Crippen LogP contribution in [0.25, 0.3) is 0 Å². The summed E-state index contributed by atoms with van der Waals surface area (Å²) in [6, 6.07) is 9.37. The molecule has 0 saturated heterocycles. The molecule has 20 heavy (non-hydrogen) atoms. The zero-order chi connectivity index (χ0) is 13.9. The summed E-state index contributed by atoms with van der Waals surface area (Å²) in [5.74, 6) is 0.0526. The maximum Gasteiger partial charge on any atom is 0.321 e. The van der Waals surface area contributed by atoms with Crippen LogP contribution in [0.3, 0.4) is 0 Å². The Balaban J connectivity index is 1.77. The number of carbonyl (C=O) groups is 2. The quantitative estimate of drug-likeness (QED) is 0.882. The SMILES string of the molecule is O=C1NC2=C(C(=O)CCC2)C(OCc2ccccc2)N1. The molecule has 0 saturated carbocycles. The van der Waals surface area contributed by atoms with Gasteiger partial charge >= 0.3 is 6.03 Å². The topological polar surface area (TPSA) is 67.4 Å². The van der Waals surface area contributed by atoms with E-state index in [4.69, 9.17) is 4.74 Å². The molecule has 2 N–H and O–H groups in total. The van der Waals surface area contributed by atoms with Crippen molar-refractivity contribution in [2.75, 3.05) is 0 Å². The van der Waals surface area contributed by atoms with Gasteiger partial charge in [-0.2, -0.15) is 0 Å². The molecule has 0 radical (unpaired) electrons. The van der Waals surface area contributed by atoms with Crippen molar-refractivity contribution >= 4 is 11.8 Å². The van der Waals surface area contributed by atoms with E-state index < -0.39 is 6.23 Å². The normalized spacial score (nSPS) is 22.1. The van der Waals surface area contributed by atoms with Crippen LogP contribution in [0.4, 0.5) is 4.79 Å². The van der Waals surface area contributed by atoms with Crippen LogP contribution in [-0.4, -0.2) is 18.0 Å². The lowest BCUT2D eigenvalue weighted by Crippen LogP contribution is -2.52. The number of allylic oxidation sites excluding steroid dienone is 1. The number of nitrogens with one attached hydrogen (secondary N) is 2. The van der Waals surface area contributed by atoms with E-state index in [1.54, 1.807) is 0 Å². The fourth-order valence-corrected chi connectivity index (χ4v) is 2.54. The second kappa shape index (κ2) is 5.46. The number of ketones is 1. The lowest BCUT2D eigenvalue weighted by atomic mass is 9.92. The number of Topliss-reactive ketones (excluding diaryl/α,β-unsaturated/α-hetero) is 1. The van der Waals surface area contributed by atoms with Crippen LogP contribution in [0.15, 0.2) is 41.6 Å². The number of rotatable bonds is 3. The number of urea groups is 1. The van der Waals surface area contributed by atoms with E-state index in [2.05, 4.69) is 10.6 Å². The monoisotopic (exact) mass is 272 g/mol. The van der Waals surface area contributed by atoms with Crippen molar-refractivity contribution in [2.45, 2.75) is 32.1 Å². The van der Waals surface area contributed by atoms with Gasteiger partial charge in [-0.3, -0.25) is 4.79 Å². The molecule has 2 aliphatic rings. The molecule has 1 aliphatic heterocycles. The molecule has 2 amide bonds. The molecule has 5 nitrogen and oxygen atoms in total. The van der Waals surface area contributed by atoms with Crippen molar-refractivity contribution in [2.24, 2.45) is 0 Å². The Bertz CT molecular complexity index is 566. The van der Waals surface area contributed by atoms with Crippen molar-refractivity contribution < 1.29 is 14.3 Å². The van der Waals surface area contributed by atoms with Gasteiger partial charge in [-0.15, -0.1) is 0 Å². The molecule has 1 aromatic rings. The first-order chi connectivity index (χ1) is 9.74. The van der Waals surface area contributed by atoms with Crippen molar-refractivity contribution in [3.63, 3.8) is 0 Å². The Morgan fingerprint density at radius 1 is 1.15 bits per heavy atom. The first kappa shape index (κ1) is 12.9. The molecule has 1 aromatic carbocycles. The standard InChI is InChI=1S/C15H16N2O3/c18-12-8-4-7-11-13(12)14(17-15(19)16-11)20-9-10-5-2-1-3-6-10/h1-3,5-6,14H,4,7-9H2,(H2,16,17,19). The zero-order valence-corrected chi connectivity index (χ0v) is 11.0. The summed E-state index contributed by atoms with van der Waals surface area (Å²) in [5.41, 5.74) is 2.29. The van der Waals surface area contributed by atoms with Crippen molar-refractivity contribution in [1.82, 2.24) is 10.6 Å². The average Bonchev–Trinajstić information content (AvgIpc) is 2.45. The summed E-state index contributed by atoms with van der Waals surface area (Å²) in [7, 11) is 0. The first-order valence-corrected chi connectivity index (χ1v) is 6.73. The molecule has 1 aliphatic carbocycles. The molecule has 0 spiro atoms. The van der Waals surface area contributed by atoms with E-state index in [-0.39, 0.29) is 11.8 Å². The third kappa shape index (κ3) is 2.58. The predicted octanol–water partition coefficient (Wildman–Crippen LogP) is 1.85. The van der Waals surface area contributed by atoms with E-state index in [1.165, 1.54) is 0 Å². The molecule has 1 heterocycles. The van der Waals surface area contributed by atoms with Gasteiger partial charge in [0, 0.05) is 12.1 Å². The van der Waals surface area contributed by atoms with Crippen LogP contribution >= 0.6 is 0 Å². The summed E-state index contributed by atoms with van der Waals surface area (Å²) < 4.78 is 5.73. The number of hydrogen-bond acceptors (Lipinski definition) is 3. The largest absolute Gasteiger partial charge is 0.349 e. The van der Waals surface area contributed by atoms with Gasteiger partial charge in [-0.05, 0) is 18.4 Å². The number of hydrogen-bond donors (Lipinski definition) is 2. The molecule has 1 unspecified atom stereocenters. The number of benzene rings is 1. The molecule has 3 rings (SSSR count). The van der Waals surface area contributed by atoms with E-state index in [9.17, 15) is 9.59 Å². The van der Waals surface area contributed by atoms with Gasteiger partial charge in [0.2, 0.25) is 0 Å². The van der Waals surface area contributed by atoms with Gasteiger partial charge < -0.3 is 15.4 Å². The van der Waals surface area contributed by atoms with Crippen LogP contribution in [0.2, 0.25) is 0 Å². The first-order valence-electron chi connectivity index (χ1n) is 6.73. The van der Waals surface area contributed by atoms with Crippen LogP contribution < -0.4 is 10.6 Å². The summed E-state index contributed by atoms with van der Waals surface area (Å²) in [4.78, 5) is 23.6. The Kier molecular flexibility index (Phi) is 3.52. The van der Waals surface area contributed by atoms with Crippen LogP contribution in [0.5, 0.6) is 0 Å². The molecular formula is C15H16N2O3. The lowest BCUT2D eigenvalue weighted by molar-refractivity contribution is -0.118. The molecule has 0 bridgehead atoms. The summed E-state index contributed by atoms with van der Waals surface area (Å²) >= 11 is 0. The maximum absolute atomic E-state index is 12.0. The van der Waals surface area contributed by atoms with E-state index in [0.29, 0.717) is 24.3 Å². The zero-order valence-electron chi connectivity index (χ0n) is 11.0. The number of ether oxygens (including phenoxy) is 1. The van der Waals surface area contributed by atoms with E-state index in [1.807, 2.05) is 30.3 Å². The second-order valence-corrected chi connectivity index (χ2v) is 4.94. The minimum Gasteiger partial charge on any atom is -0.349 e. The molecule has 0 fully saturated rings. The Hall–Kier alpha value is -2.14. The number of carbonyl (C=O) groups excluding carboxylic acids is 2. The lowest BCUT2D eigenvalue weighted by Gasteiger charge is -2.31. The van der Waals surface area contributed by atoms with Crippen molar-refractivity contribution in [3.8, 4) is 0 Å². The van der Waals surface area contributed by atoms with E-state index >= 15 is 0 Å². The summed E-state index contributed by atoms with van der Waals surface area (Å²) in [6.45, 7) is 0.357. The minimum absolute atomic E-state index is 0.0526. The Labute approximate surface area is 117 Å². The molecular weight excluding hydrogens is 256 g/mol. The third-order valence-electron chi connectivity index (χ3n) is 3.50. The average molecular weight is 272 g/mol. The highest BCUT2D eigenvalue weighted by Gasteiger charge is 2.33. The molecule has 104 valence electrons. The highest BCUT2D eigenvalue weighted by Crippen LogP contribution is 2.26. The second-order valence-electron chi connectivity index (χ2n) is 4.94.